The maximum atomic E-state index is 12.3. The Morgan fingerprint density at radius 1 is 1.23 bits per heavy atom. The van der Waals surface area contributed by atoms with Crippen molar-refractivity contribution in [3.8, 4) is 5.75 Å². The van der Waals surface area contributed by atoms with E-state index in [9.17, 15) is 23.4 Å². The molecule has 1 heterocycles. The molecule has 1 aromatic carbocycles. The van der Waals surface area contributed by atoms with Gasteiger partial charge in [0.1, 0.15) is 23.2 Å². The lowest BCUT2D eigenvalue weighted by Crippen LogP contribution is -2.44. The number of nitrogens with one attached hydrogen (secondary N) is 2. The number of aromatic nitrogens is 1. The third kappa shape index (κ3) is 4.91. The number of nitrogens with zero attached hydrogens (tertiary/aromatic N) is 1. The Kier molecular flexibility index (Phi) is 6.34. The molecule has 11 heteroatoms. The van der Waals surface area contributed by atoms with Crippen molar-refractivity contribution in [3.63, 3.8) is 0 Å². The minimum atomic E-state index is -3.29. The van der Waals surface area contributed by atoms with E-state index in [1.165, 1.54) is 24.3 Å². The Bertz CT molecular complexity index is 984. The number of hydrogen-bond acceptors (Lipinski definition) is 8. The summed E-state index contributed by atoms with van der Waals surface area (Å²) in [6.07, 6.45) is -0.807. The summed E-state index contributed by atoms with van der Waals surface area (Å²) in [4.78, 5) is 12.4. The fourth-order valence-corrected chi connectivity index (χ4v) is 4.03. The van der Waals surface area contributed by atoms with E-state index >= 15 is 0 Å². The van der Waals surface area contributed by atoms with Gasteiger partial charge in [-0.15, -0.1) is 0 Å². The standard InChI is InChI=1S/C19H25N3O7S/c1-10-16(11(2)29-22-10)21-19(25)20-15-8-12(17(23)18(15)24)9-28-13-4-6-14(7-5-13)30(3,26)27/h4-7,12,15,17-18,23-24H,8-9H2,1-3H3,(H2,20,21,25). The summed E-state index contributed by atoms with van der Waals surface area (Å²) in [6.45, 7) is 3.45. The minimum Gasteiger partial charge on any atom is -0.493 e. The molecule has 0 saturated heterocycles. The first-order valence-corrected chi connectivity index (χ1v) is 11.2. The number of hydrogen-bond donors (Lipinski definition) is 4. The molecule has 0 aliphatic heterocycles. The van der Waals surface area contributed by atoms with Gasteiger partial charge in [0.05, 0.1) is 23.6 Å². The second kappa shape index (κ2) is 8.62. The minimum absolute atomic E-state index is 0.0973. The number of urea groups is 1. The summed E-state index contributed by atoms with van der Waals surface area (Å²) in [7, 11) is -3.29. The van der Waals surface area contributed by atoms with Crippen LogP contribution in [-0.2, 0) is 9.84 Å². The summed E-state index contributed by atoms with van der Waals surface area (Å²) in [5.74, 6) is 0.485. The molecule has 4 unspecified atom stereocenters. The molecule has 164 valence electrons. The van der Waals surface area contributed by atoms with Crippen LogP contribution in [0.4, 0.5) is 10.5 Å². The van der Waals surface area contributed by atoms with Crippen LogP contribution in [0, 0.1) is 19.8 Å². The van der Waals surface area contributed by atoms with Crippen LogP contribution >= 0.6 is 0 Å². The highest BCUT2D eigenvalue weighted by atomic mass is 32.2. The highest BCUT2D eigenvalue weighted by Crippen LogP contribution is 2.28. The van der Waals surface area contributed by atoms with Gasteiger partial charge in [-0.25, -0.2) is 13.2 Å². The Labute approximate surface area is 174 Å². The van der Waals surface area contributed by atoms with Gasteiger partial charge < -0.3 is 30.1 Å². The van der Waals surface area contributed by atoms with Crippen molar-refractivity contribution in [1.29, 1.82) is 0 Å². The van der Waals surface area contributed by atoms with E-state index in [0.29, 0.717) is 29.3 Å². The molecule has 4 N–H and O–H groups in total. The average Bonchev–Trinajstić information content (AvgIpc) is 3.14. The van der Waals surface area contributed by atoms with Crippen LogP contribution in [0.15, 0.2) is 33.7 Å². The third-order valence-electron chi connectivity index (χ3n) is 5.11. The normalized spacial score (nSPS) is 23.9. The molecular formula is C19H25N3O7S. The largest absolute Gasteiger partial charge is 0.493 e. The highest BCUT2D eigenvalue weighted by molar-refractivity contribution is 7.90. The number of amides is 2. The highest BCUT2D eigenvalue weighted by Gasteiger charge is 2.42. The van der Waals surface area contributed by atoms with Crippen LogP contribution in [0.1, 0.15) is 17.9 Å². The van der Waals surface area contributed by atoms with E-state index < -0.39 is 40.0 Å². The summed E-state index contributed by atoms with van der Waals surface area (Å²) >= 11 is 0. The van der Waals surface area contributed by atoms with Crippen molar-refractivity contribution in [3.05, 3.63) is 35.7 Å². The first-order chi connectivity index (χ1) is 14.1. The SMILES string of the molecule is Cc1noc(C)c1NC(=O)NC1CC(COc2ccc(S(C)(=O)=O)cc2)C(O)C1O. The van der Waals surface area contributed by atoms with E-state index in [-0.39, 0.29) is 11.5 Å². The van der Waals surface area contributed by atoms with Gasteiger partial charge in [-0.1, -0.05) is 5.16 Å². The second-order valence-corrected chi connectivity index (χ2v) is 9.45. The zero-order chi connectivity index (χ0) is 22.1. The number of rotatable bonds is 6. The summed E-state index contributed by atoms with van der Waals surface area (Å²) < 4.78 is 33.6. The zero-order valence-corrected chi connectivity index (χ0v) is 17.6. The molecule has 1 aromatic heterocycles. The molecule has 30 heavy (non-hydrogen) atoms. The number of ether oxygens (including phenoxy) is 1. The number of aryl methyl sites for hydroxylation is 2. The van der Waals surface area contributed by atoms with Gasteiger partial charge in [0.15, 0.2) is 15.6 Å². The van der Waals surface area contributed by atoms with Crippen LogP contribution in [-0.4, -0.2) is 60.9 Å². The number of benzene rings is 1. The molecule has 0 radical (unpaired) electrons. The Balaban J connectivity index is 1.55. The monoisotopic (exact) mass is 439 g/mol. The summed E-state index contributed by atoms with van der Waals surface area (Å²) in [5.41, 5.74) is 0.987. The number of carbonyl (C=O) groups excluding carboxylic acids is 1. The smallest absolute Gasteiger partial charge is 0.319 e. The van der Waals surface area contributed by atoms with Crippen molar-refractivity contribution in [1.82, 2.24) is 10.5 Å². The van der Waals surface area contributed by atoms with Crippen molar-refractivity contribution < 1.29 is 32.7 Å². The predicted molar refractivity (Wildman–Crippen MR) is 107 cm³/mol. The Hall–Kier alpha value is -2.63. The molecule has 2 aromatic rings. The van der Waals surface area contributed by atoms with Gasteiger partial charge in [0, 0.05) is 12.2 Å². The number of sulfone groups is 1. The van der Waals surface area contributed by atoms with E-state index in [4.69, 9.17) is 9.26 Å². The van der Waals surface area contributed by atoms with Gasteiger partial charge in [0.2, 0.25) is 0 Å². The number of carbonyl (C=O) groups is 1. The maximum absolute atomic E-state index is 12.3. The molecule has 1 aliphatic rings. The van der Waals surface area contributed by atoms with E-state index in [1.807, 2.05) is 0 Å². The van der Waals surface area contributed by atoms with Gasteiger partial charge in [0.25, 0.3) is 0 Å². The second-order valence-electron chi connectivity index (χ2n) is 7.44. The molecule has 3 rings (SSSR count). The van der Waals surface area contributed by atoms with E-state index in [2.05, 4.69) is 15.8 Å². The molecule has 0 spiro atoms. The Morgan fingerprint density at radius 3 is 2.47 bits per heavy atom. The molecule has 1 aliphatic carbocycles. The first-order valence-electron chi connectivity index (χ1n) is 9.35. The van der Waals surface area contributed by atoms with Gasteiger partial charge in [-0.2, -0.15) is 0 Å². The van der Waals surface area contributed by atoms with Gasteiger partial charge in [-0.05, 0) is 44.5 Å². The van der Waals surface area contributed by atoms with Crippen molar-refractivity contribution >= 4 is 21.6 Å². The molecular weight excluding hydrogens is 414 g/mol. The Morgan fingerprint density at radius 2 is 1.90 bits per heavy atom. The fourth-order valence-electron chi connectivity index (χ4n) is 3.40. The zero-order valence-electron chi connectivity index (χ0n) is 16.8. The lowest BCUT2D eigenvalue weighted by atomic mass is 10.1. The fraction of sp³-hybridized carbons (Fsp3) is 0.474. The lowest BCUT2D eigenvalue weighted by Gasteiger charge is -2.18. The topological polar surface area (TPSA) is 151 Å². The molecule has 10 nitrogen and oxygen atoms in total. The van der Waals surface area contributed by atoms with Gasteiger partial charge >= 0.3 is 6.03 Å². The molecule has 0 bridgehead atoms. The maximum Gasteiger partial charge on any atom is 0.319 e. The third-order valence-corrected chi connectivity index (χ3v) is 6.23. The number of anilines is 1. The van der Waals surface area contributed by atoms with E-state index in [1.54, 1.807) is 13.8 Å². The predicted octanol–water partition coefficient (Wildman–Crippen LogP) is 1.01. The number of aliphatic hydroxyl groups is 2. The van der Waals surface area contributed by atoms with Crippen molar-refractivity contribution in [2.24, 2.45) is 5.92 Å². The average molecular weight is 439 g/mol. The van der Waals surface area contributed by atoms with Crippen LogP contribution in [0.3, 0.4) is 0 Å². The van der Waals surface area contributed by atoms with Crippen molar-refractivity contribution in [2.45, 2.75) is 43.4 Å². The lowest BCUT2D eigenvalue weighted by molar-refractivity contribution is 0.00344. The van der Waals surface area contributed by atoms with Crippen LogP contribution in [0.25, 0.3) is 0 Å². The molecule has 1 fully saturated rings. The number of aliphatic hydroxyl groups excluding tert-OH is 2. The summed E-state index contributed by atoms with van der Waals surface area (Å²) in [5, 5.41) is 29.6. The van der Waals surface area contributed by atoms with Crippen molar-refractivity contribution in [2.75, 3.05) is 18.2 Å². The van der Waals surface area contributed by atoms with Crippen LogP contribution < -0.4 is 15.4 Å². The molecule has 4 atom stereocenters. The van der Waals surface area contributed by atoms with E-state index in [0.717, 1.165) is 6.26 Å². The molecule has 1 saturated carbocycles. The summed E-state index contributed by atoms with van der Waals surface area (Å²) in [6, 6.07) is 4.73. The van der Waals surface area contributed by atoms with Crippen LogP contribution in [0.5, 0.6) is 5.75 Å². The first kappa shape index (κ1) is 22.1. The molecule has 2 amide bonds. The van der Waals surface area contributed by atoms with Crippen LogP contribution in [0.2, 0.25) is 0 Å². The van der Waals surface area contributed by atoms with Gasteiger partial charge in [-0.3, -0.25) is 0 Å². The quantitative estimate of drug-likeness (QED) is 0.520.